The fourth-order valence-corrected chi connectivity index (χ4v) is 3.58. The van der Waals surface area contributed by atoms with E-state index in [2.05, 4.69) is 4.57 Å². The predicted molar refractivity (Wildman–Crippen MR) is 84.8 cm³/mol. The van der Waals surface area contributed by atoms with Crippen molar-refractivity contribution < 1.29 is 9.18 Å². The Labute approximate surface area is 128 Å². The molecule has 3 nitrogen and oxygen atoms in total. The number of Topliss-reactive ketones (excluding diaryl/α,β-unsaturated/α-hetero) is 1. The van der Waals surface area contributed by atoms with Crippen molar-refractivity contribution in [3.05, 3.63) is 45.5 Å². The first-order valence-electron chi connectivity index (χ1n) is 7.81. The number of benzene rings is 1. The molecule has 0 amide bonds. The van der Waals surface area contributed by atoms with E-state index in [1.807, 2.05) is 6.92 Å². The second-order valence-corrected chi connectivity index (χ2v) is 6.30. The normalized spacial score (nSPS) is 15.6. The number of fused-ring (bicyclic) bond motifs is 1. The number of rotatable bonds is 3. The highest BCUT2D eigenvalue weighted by Gasteiger charge is 2.21. The maximum Gasteiger partial charge on any atom is 0.189 e. The van der Waals surface area contributed by atoms with Gasteiger partial charge < -0.3 is 4.57 Å². The molecule has 2 aromatic rings. The fraction of sp³-hybridized carbons (Fsp3) is 0.444. The minimum atomic E-state index is -0.471. The lowest BCUT2D eigenvalue weighted by Gasteiger charge is -2.21. The van der Waals surface area contributed by atoms with Crippen LogP contribution < -0.4 is 5.43 Å². The average molecular weight is 301 g/mol. The van der Waals surface area contributed by atoms with Gasteiger partial charge in [0.05, 0.1) is 5.52 Å². The molecule has 0 aliphatic heterocycles. The van der Waals surface area contributed by atoms with Crippen LogP contribution in [-0.2, 0) is 11.2 Å². The van der Waals surface area contributed by atoms with Crippen LogP contribution in [0, 0.1) is 12.7 Å². The van der Waals surface area contributed by atoms with Gasteiger partial charge in [0.25, 0.3) is 0 Å². The Morgan fingerprint density at radius 3 is 2.59 bits per heavy atom. The van der Waals surface area contributed by atoms with Crippen molar-refractivity contribution >= 4 is 16.7 Å². The molecule has 1 aromatic heterocycles. The number of halogens is 1. The number of carbonyl (C=O) groups is 1. The van der Waals surface area contributed by atoms with Crippen LogP contribution in [-0.4, -0.2) is 10.4 Å². The molecule has 1 aromatic carbocycles. The van der Waals surface area contributed by atoms with E-state index in [4.69, 9.17) is 0 Å². The molecule has 0 bridgehead atoms. The van der Waals surface area contributed by atoms with Gasteiger partial charge in [-0.25, -0.2) is 4.39 Å². The molecular formula is C18H20FNO2. The number of pyridine rings is 1. The molecule has 4 heteroatoms. The Morgan fingerprint density at radius 2 is 1.95 bits per heavy atom. The van der Waals surface area contributed by atoms with Gasteiger partial charge in [0.15, 0.2) is 5.43 Å². The third-order valence-corrected chi connectivity index (χ3v) is 4.54. The van der Waals surface area contributed by atoms with Crippen LogP contribution in [0.15, 0.2) is 23.0 Å². The third kappa shape index (κ3) is 2.58. The smallest absolute Gasteiger partial charge is 0.189 e. The number of aryl methyl sites for hydroxylation is 1. The van der Waals surface area contributed by atoms with E-state index in [1.165, 1.54) is 25.8 Å². The van der Waals surface area contributed by atoms with E-state index in [0.717, 1.165) is 24.1 Å². The Morgan fingerprint density at radius 1 is 1.27 bits per heavy atom. The van der Waals surface area contributed by atoms with Gasteiger partial charge >= 0.3 is 0 Å². The van der Waals surface area contributed by atoms with Gasteiger partial charge in [-0.05, 0) is 44.4 Å². The summed E-state index contributed by atoms with van der Waals surface area (Å²) in [5.74, 6) is -0.553. The van der Waals surface area contributed by atoms with Gasteiger partial charge in [0.2, 0.25) is 0 Å². The first-order valence-corrected chi connectivity index (χ1v) is 7.81. The lowest BCUT2D eigenvalue weighted by molar-refractivity contribution is -0.116. The maximum atomic E-state index is 14.2. The summed E-state index contributed by atoms with van der Waals surface area (Å²) in [5, 5.41) is 0.405. The largest absolute Gasteiger partial charge is 0.342 e. The zero-order valence-electron chi connectivity index (χ0n) is 13.0. The second-order valence-electron chi connectivity index (χ2n) is 6.30. The van der Waals surface area contributed by atoms with Crippen LogP contribution in [0.2, 0.25) is 0 Å². The zero-order chi connectivity index (χ0) is 15.9. The van der Waals surface area contributed by atoms with E-state index in [1.54, 1.807) is 12.1 Å². The fourth-order valence-electron chi connectivity index (χ4n) is 3.58. The highest BCUT2D eigenvalue weighted by molar-refractivity contribution is 5.83. The van der Waals surface area contributed by atoms with E-state index < -0.39 is 5.82 Å². The molecular weight excluding hydrogens is 281 g/mol. The van der Waals surface area contributed by atoms with Crippen LogP contribution in [0.3, 0.4) is 0 Å². The number of nitrogens with zero attached hydrogens (tertiary/aromatic N) is 1. The molecule has 1 aliphatic rings. The number of hydrogen-bond acceptors (Lipinski definition) is 2. The highest BCUT2D eigenvalue weighted by atomic mass is 19.1. The summed E-state index contributed by atoms with van der Waals surface area (Å²) >= 11 is 0. The lowest BCUT2D eigenvalue weighted by Crippen LogP contribution is -2.16. The minimum Gasteiger partial charge on any atom is -0.342 e. The van der Waals surface area contributed by atoms with Crippen molar-refractivity contribution in [1.82, 2.24) is 4.57 Å². The van der Waals surface area contributed by atoms with Gasteiger partial charge in [-0.15, -0.1) is 0 Å². The first-order chi connectivity index (χ1) is 10.5. The molecule has 1 fully saturated rings. The van der Waals surface area contributed by atoms with Crippen molar-refractivity contribution in [2.75, 3.05) is 0 Å². The summed E-state index contributed by atoms with van der Waals surface area (Å²) in [6.45, 7) is 3.37. The molecule has 116 valence electrons. The van der Waals surface area contributed by atoms with Crippen LogP contribution in [0.4, 0.5) is 4.39 Å². The molecule has 0 atom stereocenters. The van der Waals surface area contributed by atoms with Gasteiger partial charge in [-0.3, -0.25) is 9.59 Å². The van der Waals surface area contributed by atoms with Crippen molar-refractivity contribution in [2.45, 2.75) is 52.0 Å². The highest BCUT2D eigenvalue weighted by Crippen LogP contribution is 2.33. The van der Waals surface area contributed by atoms with Gasteiger partial charge in [-0.1, -0.05) is 12.8 Å². The third-order valence-electron chi connectivity index (χ3n) is 4.54. The van der Waals surface area contributed by atoms with Gasteiger partial charge in [0.1, 0.15) is 11.6 Å². The van der Waals surface area contributed by atoms with Crippen molar-refractivity contribution in [3.8, 4) is 0 Å². The second kappa shape index (κ2) is 5.67. The molecule has 0 saturated heterocycles. The summed E-state index contributed by atoms with van der Waals surface area (Å²) in [5.41, 5.74) is 1.88. The van der Waals surface area contributed by atoms with E-state index in [-0.39, 0.29) is 17.6 Å². The Bertz CT molecular complexity index is 801. The Hall–Kier alpha value is -1.97. The predicted octanol–water partition coefficient (Wildman–Crippen LogP) is 3.70. The molecule has 0 unspecified atom stereocenters. The van der Waals surface area contributed by atoms with E-state index in [9.17, 15) is 14.0 Å². The van der Waals surface area contributed by atoms with Crippen LogP contribution in [0.1, 0.15) is 49.9 Å². The van der Waals surface area contributed by atoms with Gasteiger partial charge in [-0.2, -0.15) is 0 Å². The van der Waals surface area contributed by atoms with Crippen molar-refractivity contribution in [2.24, 2.45) is 0 Å². The average Bonchev–Trinajstić information content (AvgIpc) is 2.94. The number of ketones is 1. The Balaban J connectivity index is 2.28. The molecule has 0 radical (unpaired) electrons. The van der Waals surface area contributed by atoms with Crippen molar-refractivity contribution in [1.29, 1.82) is 0 Å². The molecule has 1 heterocycles. The molecule has 22 heavy (non-hydrogen) atoms. The SMILES string of the molecule is CC(=O)Cc1cc2c(cc1F)c(=O)cc(C)n2C1CCCC1. The molecule has 3 rings (SSSR count). The summed E-state index contributed by atoms with van der Waals surface area (Å²) in [6.07, 6.45) is 4.59. The van der Waals surface area contributed by atoms with E-state index >= 15 is 0 Å². The van der Waals surface area contributed by atoms with Gasteiger partial charge in [0, 0.05) is 29.6 Å². The lowest BCUT2D eigenvalue weighted by atomic mass is 10.0. The molecule has 1 saturated carbocycles. The standard InChI is InChI=1S/C18H20FNO2/c1-11-7-18(22)15-10-16(19)13(8-12(2)21)9-17(15)20(11)14-5-3-4-6-14/h7,9-10,14H,3-6,8H2,1-2H3. The van der Waals surface area contributed by atoms with Crippen LogP contribution in [0.5, 0.6) is 0 Å². The molecule has 0 spiro atoms. The molecule has 0 N–H and O–H groups in total. The van der Waals surface area contributed by atoms with E-state index in [0.29, 0.717) is 17.0 Å². The number of carbonyl (C=O) groups excluding carboxylic acids is 1. The first kappa shape index (κ1) is 14.9. The maximum absolute atomic E-state index is 14.2. The summed E-state index contributed by atoms with van der Waals surface area (Å²) in [4.78, 5) is 23.5. The van der Waals surface area contributed by atoms with Crippen LogP contribution in [0.25, 0.3) is 10.9 Å². The summed E-state index contributed by atoms with van der Waals surface area (Å²) in [7, 11) is 0. The quantitative estimate of drug-likeness (QED) is 0.867. The minimum absolute atomic E-state index is 0.0641. The summed E-state index contributed by atoms with van der Waals surface area (Å²) < 4.78 is 16.3. The van der Waals surface area contributed by atoms with Crippen LogP contribution >= 0.6 is 0 Å². The summed E-state index contributed by atoms with van der Waals surface area (Å²) in [6, 6.07) is 4.93. The monoisotopic (exact) mass is 301 g/mol. The zero-order valence-corrected chi connectivity index (χ0v) is 13.0. The number of hydrogen-bond donors (Lipinski definition) is 0. The topological polar surface area (TPSA) is 39.1 Å². The van der Waals surface area contributed by atoms with Crippen molar-refractivity contribution in [3.63, 3.8) is 0 Å². The molecule has 1 aliphatic carbocycles. The Kier molecular flexibility index (Phi) is 3.85. The number of aromatic nitrogens is 1.